The van der Waals surface area contributed by atoms with Crippen LogP contribution in [0.3, 0.4) is 0 Å². The van der Waals surface area contributed by atoms with Gasteiger partial charge in [0.05, 0.1) is 11.7 Å². The van der Waals surface area contributed by atoms with Gasteiger partial charge in [0.15, 0.2) is 0 Å². The summed E-state index contributed by atoms with van der Waals surface area (Å²) in [6, 6.07) is 6.22. The highest BCUT2D eigenvalue weighted by molar-refractivity contribution is 5.94. The van der Waals surface area contributed by atoms with Crippen LogP contribution in [0.5, 0.6) is 0 Å². The first kappa shape index (κ1) is 10.0. The van der Waals surface area contributed by atoms with Crippen LogP contribution in [0.15, 0.2) is 43.0 Å². The van der Waals surface area contributed by atoms with E-state index in [1.807, 2.05) is 30.9 Å². The molecule has 0 unspecified atom stereocenters. The minimum atomic E-state index is 0.970. The van der Waals surface area contributed by atoms with E-state index < -0.39 is 0 Å². The summed E-state index contributed by atoms with van der Waals surface area (Å²) in [7, 11) is 0. The fraction of sp³-hybridized carbons (Fsp3) is 0.143. The van der Waals surface area contributed by atoms with Gasteiger partial charge < -0.3 is 4.98 Å². The highest BCUT2D eigenvalue weighted by atomic mass is 14.7. The van der Waals surface area contributed by atoms with Crippen LogP contribution in [-0.4, -0.2) is 15.0 Å². The first-order valence-electron chi connectivity index (χ1n) is 5.75. The van der Waals surface area contributed by atoms with Crippen LogP contribution in [-0.2, 0) is 6.42 Å². The Labute approximate surface area is 99.5 Å². The van der Waals surface area contributed by atoms with Crippen LogP contribution in [0.4, 0.5) is 0 Å². The molecule has 0 radical (unpaired) electrons. The van der Waals surface area contributed by atoms with Gasteiger partial charge in [-0.15, -0.1) is 0 Å². The van der Waals surface area contributed by atoms with Crippen LogP contribution in [0, 0.1) is 0 Å². The van der Waals surface area contributed by atoms with Crippen molar-refractivity contribution in [3.63, 3.8) is 0 Å². The molecule has 3 nitrogen and oxygen atoms in total. The Bertz CT molecular complexity index is 638. The number of hydrogen-bond acceptors (Lipinski definition) is 2. The van der Waals surface area contributed by atoms with Gasteiger partial charge in [0.1, 0.15) is 0 Å². The lowest BCUT2D eigenvalue weighted by Crippen LogP contribution is -1.86. The first-order valence-corrected chi connectivity index (χ1v) is 5.75. The summed E-state index contributed by atoms with van der Waals surface area (Å²) in [6.45, 7) is 2.11. The lowest BCUT2D eigenvalue weighted by Gasteiger charge is -2.00. The molecular weight excluding hydrogens is 210 g/mol. The molecule has 0 aromatic carbocycles. The zero-order valence-corrected chi connectivity index (χ0v) is 9.64. The molecule has 0 fully saturated rings. The standard InChI is InChI=1S/C14H13N3/c1-2-11-4-3-10(7-16-11)13-8-17-14-9-15-6-5-12(13)14/h3-9,17H,2H2,1H3. The third kappa shape index (κ3) is 1.69. The van der Waals surface area contributed by atoms with Crippen LogP contribution >= 0.6 is 0 Å². The minimum absolute atomic E-state index is 0.970. The molecule has 3 aromatic heterocycles. The molecule has 0 amide bonds. The number of H-pyrrole nitrogens is 1. The summed E-state index contributed by atoms with van der Waals surface area (Å²) >= 11 is 0. The van der Waals surface area contributed by atoms with Crippen LogP contribution in [0.1, 0.15) is 12.6 Å². The van der Waals surface area contributed by atoms with Crippen LogP contribution < -0.4 is 0 Å². The Balaban J connectivity index is 2.13. The molecule has 0 aliphatic rings. The van der Waals surface area contributed by atoms with Crippen molar-refractivity contribution < 1.29 is 0 Å². The van der Waals surface area contributed by atoms with Gasteiger partial charge in [0, 0.05) is 40.8 Å². The summed E-state index contributed by atoms with van der Waals surface area (Å²) in [4.78, 5) is 11.8. The number of pyridine rings is 2. The van der Waals surface area contributed by atoms with Crippen molar-refractivity contribution in [1.82, 2.24) is 15.0 Å². The molecule has 3 heteroatoms. The monoisotopic (exact) mass is 223 g/mol. The maximum Gasteiger partial charge on any atom is 0.0646 e. The Morgan fingerprint density at radius 2 is 2.12 bits per heavy atom. The zero-order chi connectivity index (χ0) is 11.7. The van der Waals surface area contributed by atoms with Crippen molar-refractivity contribution >= 4 is 10.9 Å². The number of aryl methyl sites for hydroxylation is 1. The van der Waals surface area contributed by atoms with E-state index in [9.17, 15) is 0 Å². The van der Waals surface area contributed by atoms with Crippen molar-refractivity contribution in [3.05, 3.63) is 48.7 Å². The number of nitrogens with one attached hydrogen (secondary N) is 1. The summed E-state index contributed by atoms with van der Waals surface area (Å²) in [5.41, 5.74) is 4.49. The third-order valence-corrected chi connectivity index (χ3v) is 2.98. The van der Waals surface area contributed by atoms with Crippen molar-refractivity contribution in [2.24, 2.45) is 0 Å². The van der Waals surface area contributed by atoms with E-state index in [0.717, 1.165) is 23.2 Å². The number of fused-ring (bicyclic) bond motifs is 1. The van der Waals surface area contributed by atoms with Crippen molar-refractivity contribution in [3.8, 4) is 11.1 Å². The average Bonchev–Trinajstić information content (AvgIpc) is 2.83. The van der Waals surface area contributed by atoms with Gasteiger partial charge in [-0.3, -0.25) is 9.97 Å². The Morgan fingerprint density at radius 1 is 1.18 bits per heavy atom. The van der Waals surface area contributed by atoms with E-state index >= 15 is 0 Å². The van der Waals surface area contributed by atoms with Gasteiger partial charge in [-0.1, -0.05) is 13.0 Å². The minimum Gasteiger partial charge on any atom is -0.359 e. The predicted octanol–water partition coefficient (Wildman–Crippen LogP) is 3.19. The first-order chi connectivity index (χ1) is 8.38. The average molecular weight is 223 g/mol. The van der Waals surface area contributed by atoms with E-state index in [4.69, 9.17) is 0 Å². The van der Waals surface area contributed by atoms with Crippen LogP contribution in [0.2, 0.25) is 0 Å². The molecule has 84 valence electrons. The number of aromatic amines is 1. The van der Waals surface area contributed by atoms with Crippen LogP contribution in [0.25, 0.3) is 22.0 Å². The summed E-state index contributed by atoms with van der Waals surface area (Å²) in [5.74, 6) is 0. The lowest BCUT2D eigenvalue weighted by molar-refractivity contribution is 1.04. The van der Waals surface area contributed by atoms with Gasteiger partial charge in [-0.2, -0.15) is 0 Å². The smallest absolute Gasteiger partial charge is 0.0646 e. The van der Waals surface area contributed by atoms with Gasteiger partial charge in [-0.05, 0) is 18.6 Å². The third-order valence-electron chi connectivity index (χ3n) is 2.98. The molecule has 0 saturated heterocycles. The second-order valence-corrected chi connectivity index (χ2v) is 4.02. The number of nitrogens with zero attached hydrogens (tertiary/aromatic N) is 2. The zero-order valence-electron chi connectivity index (χ0n) is 9.64. The summed E-state index contributed by atoms with van der Waals surface area (Å²) < 4.78 is 0. The fourth-order valence-corrected chi connectivity index (χ4v) is 2.00. The molecule has 0 atom stereocenters. The maximum atomic E-state index is 4.43. The highest BCUT2D eigenvalue weighted by Gasteiger charge is 2.05. The molecule has 17 heavy (non-hydrogen) atoms. The molecule has 0 aliphatic carbocycles. The molecule has 3 aromatic rings. The highest BCUT2D eigenvalue weighted by Crippen LogP contribution is 2.27. The fourth-order valence-electron chi connectivity index (χ4n) is 2.00. The summed E-state index contributed by atoms with van der Waals surface area (Å²) in [5, 5.41) is 1.19. The van der Waals surface area contributed by atoms with Crippen molar-refractivity contribution in [1.29, 1.82) is 0 Å². The van der Waals surface area contributed by atoms with E-state index in [-0.39, 0.29) is 0 Å². The second-order valence-electron chi connectivity index (χ2n) is 4.02. The lowest BCUT2D eigenvalue weighted by atomic mass is 10.1. The maximum absolute atomic E-state index is 4.43. The predicted molar refractivity (Wildman–Crippen MR) is 68.7 cm³/mol. The SMILES string of the molecule is CCc1ccc(-c2c[nH]c3cnccc23)cn1. The van der Waals surface area contributed by atoms with Gasteiger partial charge in [-0.25, -0.2) is 0 Å². The molecule has 0 saturated carbocycles. The van der Waals surface area contributed by atoms with Gasteiger partial charge in [0.2, 0.25) is 0 Å². The number of rotatable bonds is 2. The van der Waals surface area contributed by atoms with Crippen molar-refractivity contribution in [2.75, 3.05) is 0 Å². The Morgan fingerprint density at radius 3 is 2.88 bits per heavy atom. The van der Waals surface area contributed by atoms with E-state index in [1.165, 1.54) is 10.9 Å². The molecular formula is C14H13N3. The quantitative estimate of drug-likeness (QED) is 0.725. The molecule has 0 spiro atoms. The van der Waals surface area contributed by atoms with Gasteiger partial charge in [0.25, 0.3) is 0 Å². The molecule has 0 aliphatic heterocycles. The topological polar surface area (TPSA) is 41.6 Å². The molecule has 0 bridgehead atoms. The number of hydrogen-bond donors (Lipinski definition) is 1. The largest absolute Gasteiger partial charge is 0.359 e. The normalized spacial score (nSPS) is 10.9. The molecule has 3 rings (SSSR count). The Kier molecular flexibility index (Phi) is 2.37. The second kappa shape index (κ2) is 4.01. The van der Waals surface area contributed by atoms with E-state index in [0.29, 0.717) is 0 Å². The van der Waals surface area contributed by atoms with Crippen molar-refractivity contribution in [2.45, 2.75) is 13.3 Å². The summed E-state index contributed by atoms with van der Waals surface area (Å²) in [6.07, 6.45) is 8.56. The van der Waals surface area contributed by atoms with E-state index in [1.54, 1.807) is 0 Å². The number of aromatic nitrogens is 3. The molecule has 3 heterocycles. The Hall–Kier alpha value is -2.16. The van der Waals surface area contributed by atoms with Gasteiger partial charge >= 0.3 is 0 Å². The van der Waals surface area contributed by atoms with E-state index in [2.05, 4.69) is 34.0 Å². The molecule has 1 N–H and O–H groups in total.